The van der Waals surface area contributed by atoms with Gasteiger partial charge in [0.25, 0.3) is 0 Å². The van der Waals surface area contributed by atoms with E-state index in [2.05, 4.69) is 5.10 Å². The van der Waals surface area contributed by atoms with Crippen LogP contribution >= 0.6 is 0 Å². The van der Waals surface area contributed by atoms with Gasteiger partial charge in [-0.25, -0.2) is 0 Å². The maximum absolute atomic E-state index is 10.9. The van der Waals surface area contributed by atoms with E-state index in [0.717, 1.165) is 0 Å². The van der Waals surface area contributed by atoms with Gasteiger partial charge in [0, 0.05) is 18.3 Å². The molecule has 1 aromatic heterocycles. The fraction of sp³-hybridized carbons (Fsp3) is 0.444. The molecule has 0 aliphatic rings. The molecule has 0 aliphatic carbocycles. The molecule has 0 radical (unpaired) electrons. The predicted octanol–water partition coefficient (Wildman–Crippen LogP) is 0.371. The van der Waals surface area contributed by atoms with Gasteiger partial charge in [-0.05, 0) is 6.92 Å². The van der Waals surface area contributed by atoms with E-state index in [1.54, 1.807) is 14.0 Å². The van der Waals surface area contributed by atoms with E-state index in [0.29, 0.717) is 11.3 Å². The molecule has 0 saturated carbocycles. The number of rotatable bonds is 4. The largest absolute Gasteiger partial charge is 0.481 e. The van der Waals surface area contributed by atoms with Gasteiger partial charge in [0.2, 0.25) is 0 Å². The summed E-state index contributed by atoms with van der Waals surface area (Å²) < 4.78 is 1.52. The Balaban J connectivity index is 3.04. The van der Waals surface area contributed by atoms with Crippen LogP contribution in [0.4, 0.5) is 0 Å². The Labute approximate surface area is 86.1 Å². The van der Waals surface area contributed by atoms with Crippen molar-refractivity contribution in [2.24, 2.45) is 7.05 Å². The van der Waals surface area contributed by atoms with Crippen molar-refractivity contribution in [1.82, 2.24) is 9.78 Å². The number of aliphatic carboxylic acids is 2. The van der Waals surface area contributed by atoms with Gasteiger partial charge in [0.05, 0.1) is 18.5 Å². The molecule has 1 rings (SSSR count). The van der Waals surface area contributed by atoms with Crippen LogP contribution in [-0.2, 0) is 16.6 Å². The van der Waals surface area contributed by atoms with Crippen molar-refractivity contribution in [2.75, 3.05) is 0 Å². The first-order valence-electron chi connectivity index (χ1n) is 4.36. The monoisotopic (exact) mass is 212 g/mol. The third-order valence-electron chi connectivity index (χ3n) is 2.33. The molecule has 1 atom stereocenters. The Morgan fingerprint density at radius 3 is 2.47 bits per heavy atom. The first kappa shape index (κ1) is 11.2. The van der Waals surface area contributed by atoms with Gasteiger partial charge in [0.15, 0.2) is 0 Å². The highest BCUT2D eigenvalue weighted by Crippen LogP contribution is 2.22. The van der Waals surface area contributed by atoms with Crippen LogP contribution in [0.1, 0.15) is 23.6 Å². The molecule has 2 N–H and O–H groups in total. The number of carboxylic acid groups (broad SMARTS) is 2. The van der Waals surface area contributed by atoms with E-state index in [1.165, 1.54) is 10.9 Å². The molecule has 1 aromatic rings. The van der Waals surface area contributed by atoms with E-state index >= 15 is 0 Å². The van der Waals surface area contributed by atoms with E-state index in [9.17, 15) is 9.59 Å². The molecular formula is C9H12N2O4. The Kier molecular flexibility index (Phi) is 3.08. The van der Waals surface area contributed by atoms with Crippen LogP contribution < -0.4 is 0 Å². The molecule has 15 heavy (non-hydrogen) atoms. The van der Waals surface area contributed by atoms with E-state index in [1.807, 2.05) is 0 Å². The van der Waals surface area contributed by atoms with Crippen LogP contribution in [0, 0.1) is 6.92 Å². The van der Waals surface area contributed by atoms with Gasteiger partial charge in [-0.2, -0.15) is 5.10 Å². The molecule has 0 aliphatic heterocycles. The number of aryl methyl sites for hydroxylation is 1. The third-order valence-corrected chi connectivity index (χ3v) is 2.33. The summed E-state index contributed by atoms with van der Waals surface area (Å²) in [5.41, 5.74) is 1.12. The van der Waals surface area contributed by atoms with Gasteiger partial charge in [-0.1, -0.05) is 0 Å². The zero-order chi connectivity index (χ0) is 11.6. The number of nitrogens with zero attached hydrogens (tertiary/aromatic N) is 2. The average Bonchev–Trinajstić information content (AvgIpc) is 2.44. The fourth-order valence-corrected chi connectivity index (χ4v) is 1.36. The Bertz CT molecular complexity index is 397. The second kappa shape index (κ2) is 4.12. The van der Waals surface area contributed by atoms with Crippen LogP contribution in [0.2, 0.25) is 0 Å². The van der Waals surface area contributed by atoms with Crippen LogP contribution in [0.5, 0.6) is 0 Å². The standard InChI is InChI=1S/C9H12N2O4/c1-5-7(4-10-11(5)2)6(9(14)15)3-8(12)13/h4,6H,3H2,1-2H3,(H,12,13)(H,14,15). The SMILES string of the molecule is Cc1c(C(CC(=O)O)C(=O)O)cnn1C. The molecule has 0 fully saturated rings. The normalized spacial score (nSPS) is 12.4. The molecule has 0 spiro atoms. The van der Waals surface area contributed by atoms with Crippen molar-refractivity contribution in [3.8, 4) is 0 Å². The van der Waals surface area contributed by atoms with Gasteiger partial charge in [-0.15, -0.1) is 0 Å². The van der Waals surface area contributed by atoms with Gasteiger partial charge >= 0.3 is 11.9 Å². The number of hydrogen-bond donors (Lipinski definition) is 2. The molecule has 0 amide bonds. The minimum absolute atomic E-state index is 0.429. The van der Waals surface area contributed by atoms with Crippen molar-refractivity contribution >= 4 is 11.9 Å². The lowest BCUT2D eigenvalue weighted by molar-refractivity contribution is -0.145. The van der Waals surface area contributed by atoms with Crippen molar-refractivity contribution < 1.29 is 19.8 Å². The minimum Gasteiger partial charge on any atom is -0.481 e. The Hall–Kier alpha value is -1.85. The topological polar surface area (TPSA) is 92.4 Å². The maximum atomic E-state index is 10.9. The third kappa shape index (κ3) is 2.34. The van der Waals surface area contributed by atoms with Crippen molar-refractivity contribution in [1.29, 1.82) is 0 Å². The molecule has 6 nitrogen and oxygen atoms in total. The molecule has 0 saturated heterocycles. The Morgan fingerprint density at radius 1 is 1.53 bits per heavy atom. The first-order chi connectivity index (χ1) is 6.93. The van der Waals surface area contributed by atoms with Crippen LogP contribution in [0.25, 0.3) is 0 Å². The first-order valence-corrected chi connectivity index (χ1v) is 4.36. The number of hydrogen-bond acceptors (Lipinski definition) is 3. The summed E-state index contributed by atoms with van der Waals surface area (Å²) in [6.07, 6.45) is 0.971. The summed E-state index contributed by atoms with van der Waals surface area (Å²) in [5.74, 6) is -3.31. The number of carbonyl (C=O) groups is 2. The zero-order valence-corrected chi connectivity index (χ0v) is 8.47. The molecule has 1 unspecified atom stereocenters. The summed E-state index contributed by atoms with van der Waals surface area (Å²) in [5, 5.41) is 21.4. The second-order valence-corrected chi connectivity index (χ2v) is 3.30. The summed E-state index contributed by atoms with van der Waals surface area (Å²) in [4.78, 5) is 21.4. The van der Waals surface area contributed by atoms with Gasteiger partial charge in [0.1, 0.15) is 0 Å². The molecule has 82 valence electrons. The summed E-state index contributed by atoms with van der Waals surface area (Å²) in [6, 6.07) is 0. The molecule has 6 heteroatoms. The lowest BCUT2D eigenvalue weighted by Gasteiger charge is -2.08. The van der Waals surface area contributed by atoms with Crippen molar-refractivity contribution in [3.63, 3.8) is 0 Å². The molecule has 0 aromatic carbocycles. The number of carboxylic acids is 2. The summed E-state index contributed by atoms with van der Waals surface area (Å²) >= 11 is 0. The fourth-order valence-electron chi connectivity index (χ4n) is 1.36. The lowest BCUT2D eigenvalue weighted by Crippen LogP contribution is -2.16. The highest BCUT2D eigenvalue weighted by molar-refractivity contribution is 5.82. The Morgan fingerprint density at radius 2 is 2.13 bits per heavy atom. The zero-order valence-electron chi connectivity index (χ0n) is 8.47. The van der Waals surface area contributed by atoms with E-state index in [-0.39, 0.29) is 0 Å². The second-order valence-electron chi connectivity index (χ2n) is 3.30. The van der Waals surface area contributed by atoms with E-state index < -0.39 is 24.3 Å². The number of aromatic nitrogens is 2. The molecule has 0 bridgehead atoms. The maximum Gasteiger partial charge on any atom is 0.311 e. The molecular weight excluding hydrogens is 200 g/mol. The van der Waals surface area contributed by atoms with Gasteiger partial charge in [-0.3, -0.25) is 14.3 Å². The minimum atomic E-state index is -1.14. The van der Waals surface area contributed by atoms with Gasteiger partial charge < -0.3 is 10.2 Å². The van der Waals surface area contributed by atoms with E-state index in [4.69, 9.17) is 10.2 Å². The summed E-state index contributed by atoms with van der Waals surface area (Å²) in [6.45, 7) is 1.71. The smallest absolute Gasteiger partial charge is 0.311 e. The van der Waals surface area contributed by atoms with Crippen molar-refractivity contribution in [2.45, 2.75) is 19.3 Å². The average molecular weight is 212 g/mol. The summed E-state index contributed by atoms with van der Waals surface area (Å²) in [7, 11) is 1.68. The van der Waals surface area contributed by atoms with Crippen LogP contribution in [0.15, 0.2) is 6.20 Å². The molecule has 1 heterocycles. The predicted molar refractivity (Wildman–Crippen MR) is 50.6 cm³/mol. The van der Waals surface area contributed by atoms with Crippen LogP contribution in [-0.4, -0.2) is 31.9 Å². The lowest BCUT2D eigenvalue weighted by atomic mass is 9.97. The highest BCUT2D eigenvalue weighted by Gasteiger charge is 2.26. The highest BCUT2D eigenvalue weighted by atomic mass is 16.4. The quantitative estimate of drug-likeness (QED) is 0.752. The van der Waals surface area contributed by atoms with Crippen LogP contribution in [0.3, 0.4) is 0 Å². The van der Waals surface area contributed by atoms with Crippen molar-refractivity contribution in [3.05, 3.63) is 17.5 Å².